The molecule has 1 aromatic carbocycles. The van der Waals surface area contributed by atoms with Crippen molar-refractivity contribution in [2.75, 3.05) is 11.1 Å². The summed E-state index contributed by atoms with van der Waals surface area (Å²) in [5, 5.41) is 11.9. The maximum atomic E-state index is 13.2. The smallest absolute Gasteiger partial charge is 0.236 e. The van der Waals surface area contributed by atoms with Gasteiger partial charge in [-0.05, 0) is 25.1 Å². The maximum Gasteiger partial charge on any atom is 0.236 e. The van der Waals surface area contributed by atoms with Crippen LogP contribution in [0.15, 0.2) is 36.0 Å². The molecule has 2 heterocycles. The van der Waals surface area contributed by atoms with E-state index in [4.69, 9.17) is 0 Å². The summed E-state index contributed by atoms with van der Waals surface area (Å²) in [4.78, 5) is 16.4. The molecule has 0 unspecified atom stereocenters. The number of anilines is 1. The lowest BCUT2D eigenvalue weighted by molar-refractivity contribution is -0.113. The van der Waals surface area contributed by atoms with Crippen LogP contribution in [0.5, 0.6) is 0 Å². The number of nitrogens with one attached hydrogen (secondary N) is 1. The van der Waals surface area contributed by atoms with Crippen LogP contribution in [-0.4, -0.2) is 31.4 Å². The van der Waals surface area contributed by atoms with Crippen LogP contribution in [0.3, 0.4) is 0 Å². The number of fused-ring (bicyclic) bond motifs is 1. The van der Waals surface area contributed by atoms with Gasteiger partial charge in [0, 0.05) is 6.54 Å². The summed E-state index contributed by atoms with van der Waals surface area (Å²) >= 11 is 2.53. The van der Waals surface area contributed by atoms with E-state index < -0.39 is 0 Å². The van der Waals surface area contributed by atoms with E-state index >= 15 is 0 Å². The minimum atomic E-state index is -0.323. The monoisotopic (exact) mass is 363 g/mol. The molecule has 9 heteroatoms. The lowest BCUT2D eigenvalue weighted by Crippen LogP contribution is -2.14. The number of thioether (sulfide) groups is 1. The van der Waals surface area contributed by atoms with Crippen molar-refractivity contribution in [3.8, 4) is 0 Å². The standard InChI is InChI=1S/C15H14FN5OS2/c1-3-6-21-9(2)19-20-15(21)23-8-13(22)18-14-17-11-5-4-10(16)7-12(11)24-14/h3-5,7H,1,6,8H2,2H3,(H,17,18,22). The molecule has 1 N–H and O–H groups in total. The fourth-order valence-corrected chi connectivity index (χ4v) is 3.75. The molecule has 3 aromatic rings. The summed E-state index contributed by atoms with van der Waals surface area (Å²) < 4.78 is 15.8. The molecular formula is C15H14FN5OS2. The Labute approximate surface area is 145 Å². The van der Waals surface area contributed by atoms with Crippen molar-refractivity contribution in [2.45, 2.75) is 18.6 Å². The SMILES string of the molecule is C=CCn1c(C)nnc1SCC(=O)Nc1nc2ccc(F)cc2s1. The number of nitrogens with zero attached hydrogens (tertiary/aromatic N) is 4. The van der Waals surface area contributed by atoms with E-state index in [1.807, 2.05) is 11.5 Å². The van der Waals surface area contributed by atoms with Crippen LogP contribution in [-0.2, 0) is 11.3 Å². The molecule has 6 nitrogen and oxygen atoms in total. The molecule has 0 saturated heterocycles. The number of amides is 1. The molecule has 0 saturated carbocycles. The maximum absolute atomic E-state index is 13.2. The minimum Gasteiger partial charge on any atom is -0.302 e. The molecule has 1 amide bonds. The van der Waals surface area contributed by atoms with Crippen molar-refractivity contribution >= 4 is 44.4 Å². The minimum absolute atomic E-state index is 0.180. The van der Waals surface area contributed by atoms with Gasteiger partial charge in [0.15, 0.2) is 10.3 Å². The van der Waals surface area contributed by atoms with Crippen LogP contribution in [0, 0.1) is 12.7 Å². The van der Waals surface area contributed by atoms with Gasteiger partial charge in [-0.1, -0.05) is 29.2 Å². The van der Waals surface area contributed by atoms with Crippen molar-refractivity contribution < 1.29 is 9.18 Å². The van der Waals surface area contributed by atoms with E-state index in [1.165, 1.54) is 35.2 Å². The number of aromatic nitrogens is 4. The van der Waals surface area contributed by atoms with Crippen LogP contribution in [0.4, 0.5) is 9.52 Å². The van der Waals surface area contributed by atoms with Crippen molar-refractivity contribution in [3.63, 3.8) is 0 Å². The molecule has 0 aliphatic carbocycles. The molecule has 0 aliphatic heterocycles. The fraction of sp³-hybridized carbons (Fsp3) is 0.200. The number of hydrogen-bond donors (Lipinski definition) is 1. The van der Waals surface area contributed by atoms with E-state index in [2.05, 4.69) is 27.1 Å². The average molecular weight is 363 g/mol. The predicted molar refractivity (Wildman–Crippen MR) is 93.9 cm³/mol. The summed E-state index contributed by atoms with van der Waals surface area (Å²) in [5.41, 5.74) is 0.658. The third-order valence-electron chi connectivity index (χ3n) is 3.14. The second kappa shape index (κ2) is 7.10. The second-order valence-corrected chi connectivity index (χ2v) is 6.87. The van der Waals surface area contributed by atoms with Crippen LogP contribution in [0.25, 0.3) is 10.2 Å². The van der Waals surface area contributed by atoms with Crippen molar-refractivity contribution in [1.82, 2.24) is 19.7 Å². The average Bonchev–Trinajstić information content (AvgIpc) is 3.09. The Morgan fingerprint density at radius 3 is 3.12 bits per heavy atom. The number of thiazole rings is 1. The summed E-state index contributed by atoms with van der Waals surface area (Å²) in [6, 6.07) is 4.34. The van der Waals surface area contributed by atoms with E-state index in [0.29, 0.717) is 27.0 Å². The zero-order valence-corrected chi connectivity index (χ0v) is 14.5. The predicted octanol–water partition coefficient (Wildman–Crippen LogP) is 3.25. The number of allylic oxidation sites excluding steroid dienone is 1. The van der Waals surface area contributed by atoms with Gasteiger partial charge in [-0.15, -0.1) is 16.8 Å². The molecule has 0 fully saturated rings. The molecule has 0 atom stereocenters. The first-order chi connectivity index (χ1) is 11.6. The van der Waals surface area contributed by atoms with E-state index in [1.54, 1.807) is 12.1 Å². The van der Waals surface area contributed by atoms with E-state index in [0.717, 1.165) is 5.82 Å². The Bertz CT molecular complexity index is 905. The Balaban J connectivity index is 1.64. The van der Waals surface area contributed by atoms with Gasteiger partial charge in [0.25, 0.3) is 0 Å². The van der Waals surface area contributed by atoms with Crippen LogP contribution < -0.4 is 5.32 Å². The number of aryl methyl sites for hydroxylation is 1. The highest BCUT2D eigenvalue weighted by Crippen LogP contribution is 2.26. The van der Waals surface area contributed by atoms with Crippen LogP contribution in [0.2, 0.25) is 0 Å². The van der Waals surface area contributed by atoms with Gasteiger partial charge in [-0.2, -0.15) is 0 Å². The van der Waals surface area contributed by atoms with Gasteiger partial charge in [0.1, 0.15) is 11.6 Å². The van der Waals surface area contributed by atoms with Gasteiger partial charge in [-0.3, -0.25) is 4.79 Å². The highest BCUT2D eigenvalue weighted by Gasteiger charge is 2.12. The summed E-state index contributed by atoms with van der Waals surface area (Å²) in [6.07, 6.45) is 1.75. The molecule has 0 aliphatic rings. The number of benzene rings is 1. The van der Waals surface area contributed by atoms with Crippen molar-refractivity contribution in [1.29, 1.82) is 0 Å². The Kier molecular flexibility index (Phi) is 4.91. The topological polar surface area (TPSA) is 72.7 Å². The van der Waals surface area contributed by atoms with Crippen molar-refractivity contribution in [2.24, 2.45) is 0 Å². The first-order valence-electron chi connectivity index (χ1n) is 7.06. The third kappa shape index (κ3) is 3.62. The van der Waals surface area contributed by atoms with Crippen LogP contribution >= 0.6 is 23.1 Å². The molecule has 24 heavy (non-hydrogen) atoms. The molecule has 2 aromatic heterocycles. The first-order valence-corrected chi connectivity index (χ1v) is 8.86. The molecule has 0 bridgehead atoms. The highest BCUT2D eigenvalue weighted by atomic mass is 32.2. The normalized spacial score (nSPS) is 10.9. The van der Waals surface area contributed by atoms with Gasteiger partial charge >= 0.3 is 0 Å². The number of carbonyl (C=O) groups excluding carboxylic acids is 1. The Morgan fingerprint density at radius 2 is 2.33 bits per heavy atom. The number of halogens is 1. The zero-order chi connectivity index (χ0) is 17.1. The number of rotatable bonds is 6. The highest BCUT2D eigenvalue weighted by molar-refractivity contribution is 7.99. The Hall–Kier alpha value is -2.26. The largest absolute Gasteiger partial charge is 0.302 e. The third-order valence-corrected chi connectivity index (χ3v) is 5.04. The quantitative estimate of drug-likeness (QED) is 0.538. The number of hydrogen-bond acceptors (Lipinski definition) is 6. The van der Waals surface area contributed by atoms with Gasteiger partial charge in [0.05, 0.1) is 16.0 Å². The summed E-state index contributed by atoms with van der Waals surface area (Å²) in [6.45, 7) is 6.13. The fourth-order valence-electron chi connectivity index (χ4n) is 2.04. The first kappa shape index (κ1) is 16.6. The van der Waals surface area contributed by atoms with Crippen molar-refractivity contribution in [3.05, 3.63) is 42.5 Å². The molecule has 0 spiro atoms. The molecule has 3 rings (SSSR count). The molecule has 0 radical (unpaired) electrons. The lowest BCUT2D eigenvalue weighted by atomic mass is 10.3. The zero-order valence-electron chi connectivity index (χ0n) is 12.8. The lowest BCUT2D eigenvalue weighted by Gasteiger charge is -2.04. The van der Waals surface area contributed by atoms with Gasteiger partial charge < -0.3 is 9.88 Å². The second-order valence-electron chi connectivity index (χ2n) is 4.90. The molecule has 124 valence electrons. The van der Waals surface area contributed by atoms with E-state index in [9.17, 15) is 9.18 Å². The van der Waals surface area contributed by atoms with E-state index in [-0.39, 0.29) is 17.5 Å². The Morgan fingerprint density at radius 1 is 1.50 bits per heavy atom. The van der Waals surface area contributed by atoms with Crippen LogP contribution in [0.1, 0.15) is 5.82 Å². The van der Waals surface area contributed by atoms with Gasteiger partial charge in [-0.25, -0.2) is 9.37 Å². The van der Waals surface area contributed by atoms with Gasteiger partial charge in [0.2, 0.25) is 5.91 Å². The molecular weight excluding hydrogens is 349 g/mol. The number of carbonyl (C=O) groups is 1. The summed E-state index contributed by atoms with van der Waals surface area (Å²) in [7, 11) is 0. The summed E-state index contributed by atoms with van der Waals surface area (Å²) in [5.74, 6) is 0.424.